The molecule has 25 heavy (non-hydrogen) atoms. The van der Waals surface area contributed by atoms with Gasteiger partial charge < -0.3 is 10.1 Å². The Kier molecular flexibility index (Phi) is 4.51. The van der Waals surface area contributed by atoms with Gasteiger partial charge >= 0.3 is 0 Å². The van der Waals surface area contributed by atoms with E-state index in [9.17, 15) is 9.59 Å². The maximum absolute atomic E-state index is 12.7. The summed E-state index contributed by atoms with van der Waals surface area (Å²) in [5.74, 6) is -0.232. The number of aryl methyl sites for hydroxylation is 1. The molecular formula is C19H17ClN2O3. The second-order valence-electron chi connectivity index (χ2n) is 5.70. The average Bonchev–Trinajstić information content (AvgIpc) is 2.81. The Bertz CT molecular complexity index is 905. The molecule has 0 spiro atoms. The summed E-state index contributed by atoms with van der Waals surface area (Å²) in [4.78, 5) is 26.3. The number of carbonyl (C=O) groups is 2. The van der Waals surface area contributed by atoms with Crippen LogP contribution < -0.4 is 10.1 Å². The molecule has 0 unspecified atom stereocenters. The minimum atomic E-state index is -0.389. The van der Waals surface area contributed by atoms with E-state index in [-0.39, 0.29) is 17.5 Å². The van der Waals surface area contributed by atoms with Crippen LogP contribution in [-0.2, 0) is 9.59 Å². The van der Waals surface area contributed by atoms with Gasteiger partial charge in [0.2, 0.25) is 0 Å². The maximum Gasteiger partial charge on any atom is 0.277 e. The third-order valence-corrected chi connectivity index (χ3v) is 4.35. The number of ether oxygens (including phenoxy) is 1. The second-order valence-corrected chi connectivity index (χ2v) is 6.14. The first kappa shape index (κ1) is 17.0. The Hall–Kier alpha value is -2.79. The predicted molar refractivity (Wildman–Crippen MR) is 97.5 cm³/mol. The van der Waals surface area contributed by atoms with Gasteiger partial charge in [-0.05, 0) is 36.8 Å². The fourth-order valence-corrected chi connectivity index (χ4v) is 2.99. The monoisotopic (exact) mass is 356 g/mol. The van der Waals surface area contributed by atoms with E-state index in [0.29, 0.717) is 27.6 Å². The summed E-state index contributed by atoms with van der Waals surface area (Å²) in [6.07, 6.45) is 0. The normalized spacial score (nSPS) is 14.3. The van der Waals surface area contributed by atoms with Crippen molar-refractivity contribution >= 4 is 34.7 Å². The number of hydrogen-bond acceptors (Lipinski definition) is 4. The molecule has 1 heterocycles. The average molecular weight is 357 g/mol. The van der Waals surface area contributed by atoms with Gasteiger partial charge in [-0.15, -0.1) is 0 Å². The van der Waals surface area contributed by atoms with E-state index < -0.39 is 0 Å². The fourth-order valence-electron chi connectivity index (χ4n) is 2.76. The van der Waals surface area contributed by atoms with Crippen LogP contribution in [0.15, 0.2) is 48.2 Å². The van der Waals surface area contributed by atoms with E-state index in [0.717, 1.165) is 10.5 Å². The lowest BCUT2D eigenvalue weighted by molar-refractivity contribution is -0.135. The smallest absolute Gasteiger partial charge is 0.277 e. The largest absolute Gasteiger partial charge is 0.496 e. The topological polar surface area (TPSA) is 58.6 Å². The highest BCUT2D eigenvalue weighted by molar-refractivity contribution is 6.37. The lowest BCUT2D eigenvalue weighted by Crippen LogP contribution is -2.28. The van der Waals surface area contributed by atoms with Crippen LogP contribution in [-0.4, -0.2) is 30.9 Å². The Morgan fingerprint density at radius 2 is 1.80 bits per heavy atom. The minimum Gasteiger partial charge on any atom is -0.496 e. The molecule has 0 saturated carbocycles. The van der Waals surface area contributed by atoms with Crippen LogP contribution in [0.2, 0.25) is 5.02 Å². The molecule has 128 valence electrons. The predicted octanol–water partition coefficient (Wildman–Crippen LogP) is 3.48. The summed E-state index contributed by atoms with van der Waals surface area (Å²) in [7, 11) is 2.99. The minimum absolute atomic E-state index is 0.224. The number of imide groups is 1. The molecule has 2 aromatic carbocycles. The van der Waals surface area contributed by atoms with Gasteiger partial charge in [0.25, 0.3) is 11.8 Å². The third kappa shape index (κ3) is 2.98. The maximum atomic E-state index is 12.7. The number of carbonyl (C=O) groups excluding carboxylic acids is 2. The molecule has 0 fully saturated rings. The second kappa shape index (κ2) is 6.61. The molecule has 2 amide bonds. The number of nitrogens with one attached hydrogen (secondary N) is 1. The third-order valence-electron chi connectivity index (χ3n) is 4.11. The molecule has 0 saturated heterocycles. The van der Waals surface area contributed by atoms with E-state index in [1.165, 1.54) is 14.2 Å². The molecule has 5 nitrogen and oxygen atoms in total. The Labute approximate surface area is 150 Å². The molecular weight excluding hydrogens is 340 g/mol. The van der Waals surface area contributed by atoms with Crippen molar-refractivity contribution in [3.8, 4) is 5.75 Å². The van der Waals surface area contributed by atoms with E-state index in [1.807, 2.05) is 13.0 Å². The van der Waals surface area contributed by atoms with Crippen LogP contribution in [0.5, 0.6) is 5.75 Å². The fraction of sp³-hybridized carbons (Fsp3) is 0.158. The standard InChI is InChI=1S/C19H17ClN2O3/c1-11-10-12(20)8-9-14(11)21-17-16(18(23)22(2)19(17)24)13-6-4-5-7-15(13)25-3/h4-10,21H,1-3H3. The molecule has 6 heteroatoms. The molecule has 2 aromatic rings. The molecule has 1 aliphatic rings. The van der Waals surface area contributed by atoms with Crippen molar-refractivity contribution in [2.24, 2.45) is 0 Å². The molecule has 3 rings (SSSR count). The number of halogens is 1. The highest BCUT2D eigenvalue weighted by Gasteiger charge is 2.38. The van der Waals surface area contributed by atoms with Crippen molar-refractivity contribution in [2.75, 3.05) is 19.5 Å². The van der Waals surface area contributed by atoms with Crippen LogP contribution in [0.3, 0.4) is 0 Å². The summed E-state index contributed by atoms with van der Waals surface area (Å²) in [6.45, 7) is 1.88. The van der Waals surface area contributed by atoms with Crippen molar-refractivity contribution in [3.63, 3.8) is 0 Å². The van der Waals surface area contributed by atoms with Crippen LogP contribution in [0.1, 0.15) is 11.1 Å². The van der Waals surface area contributed by atoms with E-state index >= 15 is 0 Å². The number of methoxy groups -OCH3 is 1. The van der Waals surface area contributed by atoms with Gasteiger partial charge in [-0.25, -0.2) is 0 Å². The van der Waals surface area contributed by atoms with Crippen LogP contribution in [0.4, 0.5) is 5.69 Å². The van der Waals surface area contributed by atoms with Crippen molar-refractivity contribution in [1.82, 2.24) is 4.90 Å². The number of benzene rings is 2. The van der Waals surface area contributed by atoms with Crippen LogP contribution in [0.25, 0.3) is 5.57 Å². The molecule has 0 aliphatic carbocycles. The summed E-state index contributed by atoms with van der Waals surface area (Å²) < 4.78 is 5.35. The summed E-state index contributed by atoms with van der Waals surface area (Å²) >= 11 is 5.99. The zero-order chi connectivity index (χ0) is 18.1. The summed E-state index contributed by atoms with van der Waals surface area (Å²) in [6, 6.07) is 12.4. The first-order valence-corrected chi connectivity index (χ1v) is 8.05. The zero-order valence-corrected chi connectivity index (χ0v) is 14.8. The SMILES string of the molecule is COc1ccccc1C1=C(Nc2ccc(Cl)cc2C)C(=O)N(C)C1=O. The molecule has 0 radical (unpaired) electrons. The highest BCUT2D eigenvalue weighted by atomic mass is 35.5. The Morgan fingerprint density at radius 1 is 1.08 bits per heavy atom. The highest BCUT2D eigenvalue weighted by Crippen LogP contribution is 2.35. The number of rotatable bonds is 4. The lowest BCUT2D eigenvalue weighted by atomic mass is 10.0. The van der Waals surface area contributed by atoms with E-state index in [1.54, 1.807) is 36.4 Å². The Balaban J connectivity index is 2.15. The van der Waals surface area contributed by atoms with Gasteiger partial charge in [-0.1, -0.05) is 29.8 Å². The van der Waals surface area contributed by atoms with Gasteiger partial charge in [0.05, 0.1) is 12.7 Å². The zero-order valence-electron chi connectivity index (χ0n) is 14.1. The molecule has 0 atom stereocenters. The van der Waals surface area contributed by atoms with E-state index in [2.05, 4.69) is 5.32 Å². The molecule has 0 bridgehead atoms. The van der Waals surface area contributed by atoms with Crippen molar-refractivity contribution in [1.29, 1.82) is 0 Å². The quantitative estimate of drug-likeness (QED) is 0.852. The lowest BCUT2D eigenvalue weighted by Gasteiger charge is -2.12. The summed E-state index contributed by atoms with van der Waals surface area (Å²) in [5.41, 5.74) is 2.67. The van der Waals surface area contributed by atoms with Crippen molar-refractivity contribution < 1.29 is 14.3 Å². The van der Waals surface area contributed by atoms with Crippen molar-refractivity contribution in [3.05, 3.63) is 64.3 Å². The number of hydrogen-bond donors (Lipinski definition) is 1. The Morgan fingerprint density at radius 3 is 2.48 bits per heavy atom. The summed E-state index contributed by atoms with van der Waals surface area (Å²) in [5, 5.41) is 3.70. The first-order valence-electron chi connectivity index (χ1n) is 7.67. The number of amides is 2. The van der Waals surface area contributed by atoms with Gasteiger partial charge in [-0.3, -0.25) is 14.5 Å². The molecule has 0 aromatic heterocycles. The van der Waals surface area contributed by atoms with Gasteiger partial charge in [0, 0.05) is 23.3 Å². The number of nitrogens with zero attached hydrogens (tertiary/aromatic N) is 1. The number of likely N-dealkylation sites (N-methyl/N-ethyl adjacent to an activating group) is 1. The van der Waals surface area contributed by atoms with Gasteiger partial charge in [-0.2, -0.15) is 0 Å². The van der Waals surface area contributed by atoms with Crippen LogP contribution in [0, 0.1) is 6.92 Å². The van der Waals surface area contributed by atoms with Gasteiger partial charge in [0.1, 0.15) is 11.4 Å². The first-order chi connectivity index (χ1) is 11.9. The van der Waals surface area contributed by atoms with E-state index in [4.69, 9.17) is 16.3 Å². The number of anilines is 1. The molecule has 1 N–H and O–H groups in total. The van der Waals surface area contributed by atoms with Gasteiger partial charge in [0.15, 0.2) is 0 Å². The van der Waals surface area contributed by atoms with Crippen LogP contribution >= 0.6 is 11.6 Å². The molecule has 1 aliphatic heterocycles. The van der Waals surface area contributed by atoms with Crippen molar-refractivity contribution in [2.45, 2.75) is 6.92 Å². The number of para-hydroxylation sites is 1.